The van der Waals surface area contributed by atoms with Gasteiger partial charge < -0.3 is 15.7 Å². The number of hydrogen-bond donors (Lipinski definition) is 3. The number of amides is 2. The predicted molar refractivity (Wildman–Crippen MR) is 92.7 cm³/mol. The molecule has 8 heteroatoms. The quantitative estimate of drug-likeness (QED) is 0.756. The maximum atomic E-state index is 12.4. The van der Waals surface area contributed by atoms with Crippen molar-refractivity contribution in [2.45, 2.75) is 44.9 Å². The van der Waals surface area contributed by atoms with E-state index in [4.69, 9.17) is 0 Å². The van der Waals surface area contributed by atoms with E-state index in [0.717, 1.165) is 12.8 Å². The highest BCUT2D eigenvalue weighted by atomic mass is 32.1. The van der Waals surface area contributed by atoms with Gasteiger partial charge >= 0.3 is 0 Å². The minimum atomic E-state index is -0.710. The second-order valence-corrected chi connectivity index (χ2v) is 7.48. The normalized spacial score (nSPS) is 19.6. The van der Waals surface area contributed by atoms with Crippen LogP contribution in [0.15, 0.2) is 11.4 Å². The van der Waals surface area contributed by atoms with Crippen molar-refractivity contribution in [3.05, 3.63) is 38.8 Å². The molecule has 0 saturated carbocycles. The van der Waals surface area contributed by atoms with Gasteiger partial charge in [0.15, 0.2) is 5.69 Å². The van der Waals surface area contributed by atoms with Crippen LogP contribution in [-0.4, -0.2) is 39.4 Å². The van der Waals surface area contributed by atoms with Crippen molar-refractivity contribution in [2.24, 2.45) is 0 Å². The van der Waals surface area contributed by atoms with Crippen molar-refractivity contribution in [1.29, 1.82) is 0 Å². The molecule has 0 aromatic carbocycles. The fourth-order valence-electron chi connectivity index (χ4n) is 3.39. The van der Waals surface area contributed by atoms with Crippen molar-refractivity contribution in [3.8, 4) is 0 Å². The molecule has 7 nitrogen and oxygen atoms in total. The van der Waals surface area contributed by atoms with Crippen LogP contribution in [0, 0.1) is 0 Å². The molecule has 0 radical (unpaired) electrons. The van der Waals surface area contributed by atoms with Gasteiger partial charge in [0.05, 0.1) is 12.6 Å². The lowest BCUT2D eigenvalue weighted by Gasteiger charge is -2.13. The van der Waals surface area contributed by atoms with Gasteiger partial charge in [-0.05, 0) is 42.2 Å². The number of aliphatic hydroxyl groups excluding tert-OH is 1. The molecular weight excluding hydrogens is 340 g/mol. The lowest BCUT2D eigenvalue weighted by Crippen LogP contribution is -2.30. The number of β-amino-alcohol motifs (C(OH)–C–C–N with tert-alkyl or cyclic N) is 1. The first-order valence-electron chi connectivity index (χ1n) is 8.52. The van der Waals surface area contributed by atoms with E-state index < -0.39 is 6.10 Å². The van der Waals surface area contributed by atoms with Crippen LogP contribution in [0.25, 0.3) is 0 Å². The molecule has 2 amide bonds. The highest BCUT2D eigenvalue weighted by Gasteiger charge is 2.24. The van der Waals surface area contributed by atoms with Gasteiger partial charge in [-0.2, -0.15) is 5.10 Å². The minimum absolute atomic E-state index is 0.187. The number of aliphatic hydroxyl groups is 1. The summed E-state index contributed by atoms with van der Waals surface area (Å²) in [6.45, 7) is 0.855. The Bertz CT molecular complexity index is 826. The third kappa shape index (κ3) is 3.19. The lowest BCUT2D eigenvalue weighted by molar-refractivity contribution is 0.0931. The van der Waals surface area contributed by atoms with Crippen molar-refractivity contribution >= 4 is 23.2 Å². The molecule has 2 aliphatic rings. The number of thiophene rings is 1. The summed E-state index contributed by atoms with van der Waals surface area (Å²) in [6, 6.07) is 1.48. The fraction of sp³-hybridized carbons (Fsp3) is 0.471. The summed E-state index contributed by atoms with van der Waals surface area (Å²) in [7, 11) is 0. The number of nitrogens with zero attached hydrogens (tertiary/aromatic N) is 2. The molecule has 0 spiro atoms. The largest absolute Gasteiger partial charge is 0.389 e. The number of rotatable bonds is 3. The second-order valence-electron chi connectivity index (χ2n) is 6.51. The molecule has 4 rings (SSSR count). The third-order valence-electron chi connectivity index (χ3n) is 4.71. The van der Waals surface area contributed by atoms with Crippen LogP contribution in [0.2, 0.25) is 0 Å². The molecule has 0 bridgehead atoms. The molecule has 0 fully saturated rings. The summed E-state index contributed by atoms with van der Waals surface area (Å²) in [5.74, 6) is -0.631. The van der Waals surface area contributed by atoms with E-state index in [9.17, 15) is 14.7 Å². The predicted octanol–water partition coefficient (Wildman–Crippen LogP) is 0.858. The van der Waals surface area contributed by atoms with Crippen LogP contribution in [0.5, 0.6) is 0 Å². The van der Waals surface area contributed by atoms with Crippen LogP contribution < -0.4 is 10.6 Å². The van der Waals surface area contributed by atoms with Crippen molar-refractivity contribution in [3.63, 3.8) is 0 Å². The molecule has 3 heterocycles. The van der Waals surface area contributed by atoms with Gasteiger partial charge in [-0.15, -0.1) is 11.3 Å². The topological polar surface area (TPSA) is 96.2 Å². The molecule has 2 aromatic heterocycles. The zero-order chi connectivity index (χ0) is 17.4. The molecule has 25 heavy (non-hydrogen) atoms. The molecule has 2 aromatic rings. The lowest BCUT2D eigenvalue weighted by atomic mass is 9.96. The van der Waals surface area contributed by atoms with Crippen LogP contribution in [-0.2, 0) is 25.9 Å². The molecular formula is C17H20N4O3S. The first-order chi connectivity index (χ1) is 12.1. The molecule has 1 aliphatic heterocycles. The van der Waals surface area contributed by atoms with Gasteiger partial charge in [-0.25, -0.2) is 0 Å². The van der Waals surface area contributed by atoms with Gasteiger partial charge in [0.2, 0.25) is 0 Å². The Balaban J connectivity index is 1.47. The highest BCUT2D eigenvalue weighted by molar-refractivity contribution is 7.10. The maximum absolute atomic E-state index is 12.4. The molecule has 3 N–H and O–H groups in total. The number of fused-ring (bicyclic) bond motifs is 2. The van der Waals surface area contributed by atoms with Gasteiger partial charge in [0, 0.05) is 24.0 Å². The number of aromatic nitrogens is 2. The Morgan fingerprint density at radius 1 is 1.44 bits per heavy atom. The van der Waals surface area contributed by atoms with Gasteiger partial charge in [0.1, 0.15) is 5.69 Å². The van der Waals surface area contributed by atoms with Crippen LogP contribution in [0.4, 0.5) is 0 Å². The molecule has 1 atom stereocenters. The molecule has 1 aliphatic carbocycles. The van der Waals surface area contributed by atoms with Gasteiger partial charge in [-0.3, -0.25) is 14.3 Å². The van der Waals surface area contributed by atoms with E-state index in [2.05, 4.69) is 21.1 Å². The van der Waals surface area contributed by atoms with E-state index in [0.29, 0.717) is 12.2 Å². The van der Waals surface area contributed by atoms with E-state index in [1.54, 1.807) is 11.3 Å². The van der Waals surface area contributed by atoms with Crippen molar-refractivity contribution < 1.29 is 14.7 Å². The van der Waals surface area contributed by atoms with Crippen LogP contribution in [0.1, 0.15) is 49.8 Å². The van der Waals surface area contributed by atoms with E-state index in [1.807, 2.05) is 0 Å². The number of carbonyl (C=O) groups excluding carboxylic acids is 2. The number of carbonyl (C=O) groups is 2. The number of nitrogens with one attached hydrogen (secondary N) is 2. The average molecular weight is 360 g/mol. The SMILES string of the molecule is O=C(NCc1csc2c1CCCC2)c1cc2n(n1)CC(O)CNC2=O. The van der Waals surface area contributed by atoms with Gasteiger partial charge in [0.25, 0.3) is 11.8 Å². The number of aryl methyl sites for hydroxylation is 1. The van der Waals surface area contributed by atoms with E-state index in [1.165, 1.54) is 39.6 Å². The Labute approximate surface area is 149 Å². The maximum Gasteiger partial charge on any atom is 0.272 e. The summed E-state index contributed by atoms with van der Waals surface area (Å²) in [5, 5.41) is 21.6. The highest BCUT2D eigenvalue weighted by Crippen LogP contribution is 2.30. The fourth-order valence-corrected chi connectivity index (χ4v) is 4.54. The smallest absolute Gasteiger partial charge is 0.272 e. The van der Waals surface area contributed by atoms with Crippen molar-refractivity contribution in [1.82, 2.24) is 20.4 Å². The van der Waals surface area contributed by atoms with E-state index in [-0.39, 0.29) is 30.6 Å². The first kappa shape index (κ1) is 16.3. The first-order valence-corrected chi connectivity index (χ1v) is 9.40. The molecule has 132 valence electrons. The number of hydrogen-bond acceptors (Lipinski definition) is 5. The third-order valence-corrected chi connectivity index (χ3v) is 5.85. The Kier molecular flexibility index (Phi) is 4.30. The summed E-state index contributed by atoms with van der Waals surface area (Å²) in [6.07, 6.45) is 3.96. The molecule has 1 unspecified atom stereocenters. The zero-order valence-electron chi connectivity index (χ0n) is 13.7. The summed E-state index contributed by atoms with van der Waals surface area (Å²) >= 11 is 1.77. The monoisotopic (exact) mass is 360 g/mol. The van der Waals surface area contributed by atoms with Gasteiger partial charge in [-0.1, -0.05) is 0 Å². The second kappa shape index (κ2) is 6.61. The Morgan fingerprint density at radius 3 is 3.16 bits per heavy atom. The standard InChI is InChI=1S/C17H20N4O3S/c22-11-7-19-17(24)14-5-13(20-21(14)8-11)16(23)18-6-10-9-25-15-4-2-1-3-12(10)15/h5,9,11,22H,1-4,6-8H2,(H,18,23)(H,19,24). The molecule has 0 saturated heterocycles. The zero-order valence-corrected chi connectivity index (χ0v) is 14.6. The minimum Gasteiger partial charge on any atom is -0.389 e. The van der Waals surface area contributed by atoms with E-state index >= 15 is 0 Å². The Hall–Kier alpha value is -2.19. The van der Waals surface area contributed by atoms with Crippen LogP contribution >= 0.6 is 11.3 Å². The van der Waals surface area contributed by atoms with Crippen LogP contribution in [0.3, 0.4) is 0 Å². The summed E-state index contributed by atoms with van der Waals surface area (Å²) in [5.41, 5.74) is 3.07. The summed E-state index contributed by atoms with van der Waals surface area (Å²) in [4.78, 5) is 25.8. The average Bonchev–Trinajstić information content (AvgIpc) is 3.19. The van der Waals surface area contributed by atoms with Crippen molar-refractivity contribution in [2.75, 3.05) is 6.54 Å². The summed E-state index contributed by atoms with van der Waals surface area (Å²) < 4.78 is 1.40. The Morgan fingerprint density at radius 2 is 2.28 bits per heavy atom.